The van der Waals surface area contributed by atoms with Gasteiger partial charge in [-0.1, -0.05) is 175 Å². The molecule has 0 aromatic heterocycles. The van der Waals surface area contributed by atoms with Crippen molar-refractivity contribution in [3.05, 3.63) is 193 Å². The van der Waals surface area contributed by atoms with Gasteiger partial charge in [-0.2, -0.15) is 0 Å². The van der Waals surface area contributed by atoms with Gasteiger partial charge in [0.2, 0.25) is 0 Å². The van der Waals surface area contributed by atoms with Crippen LogP contribution >= 0.6 is 11.6 Å². The standard InChI is InChI=1S/C32H19Cl.C20H12/c33-23-17-18-24-27(19-23)30(22-11-5-2-6-12-22)32-26-16-8-14-20-13-7-15-25(28(20)26)31(32)29(24)21-9-3-1-4-10-21;1-2-6-15-12-19-17-10-4-8-13-7-3-9-16(20(13)17)18(19)11-14(15)5-1/h1-19H;1-12H. The first-order valence-corrected chi connectivity index (χ1v) is 18.6. The van der Waals surface area contributed by atoms with Crippen LogP contribution in [0.25, 0.3) is 110 Å². The maximum Gasteiger partial charge on any atom is 0.0412 e. The molecule has 2 aliphatic carbocycles. The first-order chi connectivity index (χ1) is 26.2. The fourth-order valence-corrected chi connectivity index (χ4v) is 9.21. The molecule has 0 bridgehead atoms. The fraction of sp³-hybridized carbons (Fsp3) is 0. The van der Waals surface area contributed by atoms with Crippen molar-refractivity contribution in [2.75, 3.05) is 0 Å². The van der Waals surface area contributed by atoms with Gasteiger partial charge < -0.3 is 0 Å². The number of hydrogen-bond acceptors (Lipinski definition) is 0. The molecule has 0 saturated carbocycles. The van der Waals surface area contributed by atoms with Crippen LogP contribution in [0, 0.1) is 0 Å². The molecule has 0 spiro atoms. The number of benzene rings is 10. The molecule has 10 aromatic carbocycles. The van der Waals surface area contributed by atoms with E-state index in [1.54, 1.807) is 0 Å². The second kappa shape index (κ2) is 11.8. The predicted octanol–water partition coefficient (Wildman–Crippen LogP) is 15.3. The van der Waals surface area contributed by atoms with Gasteiger partial charge in [-0.25, -0.2) is 0 Å². The number of fused-ring (bicyclic) bond motifs is 8. The highest BCUT2D eigenvalue weighted by Gasteiger charge is 2.30. The highest BCUT2D eigenvalue weighted by molar-refractivity contribution is 6.33. The Labute approximate surface area is 313 Å². The van der Waals surface area contributed by atoms with Gasteiger partial charge in [0, 0.05) is 5.02 Å². The fourth-order valence-electron chi connectivity index (χ4n) is 9.04. The Morgan fingerprint density at radius 1 is 0.264 bits per heavy atom. The van der Waals surface area contributed by atoms with Gasteiger partial charge in [-0.15, -0.1) is 0 Å². The van der Waals surface area contributed by atoms with Crippen LogP contribution in [-0.2, 0) is 0 Å². The first-order valence-electron chi connectivity index (χ1n) is 18.2. The molecule has 0 radical (unpaired) electrons. The summed E-state index contributed by atoms with van der Waals surface area (Å²) < 4.78 is 0. The zero-order valence-corrected chi connectivity index (χ0v) is 29.5. The lowest BCUT2D eigenvalue weighted by Gasteiger charge is -2.20. The van der Waals surface area contributed by atoms with Crippen LogP contribution in [0.4, 0.5) is 0 Å². The minimum absolute atomic E-state index is 0.757. The molecule has 0 unspecified atom stereocenters. The third kappa shape index (κ3) is 4.56. The summed E-state index contributed by atoms with van der Waals surface area (Å²) in [6, 6.07) is 67.6. The Hall–Kier alpha value is -6.47. The van der Waals surface area contributed by atoms with Gasteiger partial charge in [0.1, 0.15) is 0 Å². The Balaban J connectivity index is 0.000000141. The Kier molecular flexibility index (Phi) is 6.71. The van der Waals surface area contributed by atoms with Crippen LogP contribution in [0.3, 0.4) is 0 Å². The lowest BCUT2D eigenvalue weighted by atomic mass is 9.82. The average molecular weight is 691 g/mol. The largest absolute Gasteiger partial charge is 0.0843 e. The molecule has 0 fully saturated rings. The summed E-state index contributed by atoms with van der Waals surface area (Å²) in [7, 11) is 0. The average Bonchev–Trinajstić information content (AvgIpc) is 3.71. The highest BCUT2D eigenvalue weighted by atomic mass is 35.5. The van der Waals surface area contributed by atoms with Gasteiger partial charge in [0.25, 0.3) is 0 Å². The predicted molar refractivity (Wildman–Crippen MR) is 228 cm³/mol. The number of rotatable bonds is 2. The van der Waals surface area contributed by atoms with Crippen molar-refractivity contribution in [1.82, 2.24) is 0 Å². The Bertz CT molecular complexity index is 3020. The van der Waals surface area contributed by atoms with Gasteiger partial charge in [-0.05, 0) is 134 Å². The van der Waals surface area contributed by atoms with E-state index < -0.39 is 0 Å². The monoisotopic (exact) mass is 690 g/mol. The van der Waals surface area contributed by atoms with Crippen LogP contribution < -0.4 is 0 Å². The van der Waals surface area contributed by atoms with Crippen molar-refractivity contribution in [2.24, 2.45) is 0 Å². The molecule has 0 amide bonds. The van der Waals surface area contributed by atoms with Gasteiger partial charge >= 0.3 is 0 Å². The molecule has 2 aliphatic rings. The van der Waals surface area contributed by atoms with Crippen molar-refractivity contribution in [3.63, 3.8) is 0 Å². The summed E-state index contributed by atoms with van der Waals surface area (Å²) in [5, 5.41) is 11.2. The van der Waals surface area contributed by atoms with Gasteiger partial charge in [0.15, 0.2) is 0 Å². The van der Waals surface area contributed by atoms with Crippen LogP contribution in [0.2, 0.25) is 5.02 Å². The van der Waals surface area contributed by atoms with Crippen LogP contribution in [-0.4, -0.2) is 0 Å². The summed E-state index contributed by atoms with van der Waals surface area (Å²) in [5.41, 5.74) is 15.7. The van der Waals surface area contributed by atoms with E-state index in [9.17, 15) is 0 Å². The molecule has 246 valence electrons. The second-order valence-electron chi connectivity index (χ2n) is 14.1. The van der Waals surface area contributed by atoms with Crippen molar-refractivity contribution < 1.29 is 0 Å². The van der Waals surface area contributed by atoms with Crippen molar-refractivity contribution >= 4 is 54.7 Å². The zero-order chi connectivity index (χ0) is 35.0. The van der Waals surface area contributed by atoms with E-state index in [1.807, 2.05) is 6.07 Å². The zero-order valence-electron chi connectivity index (χ0n) is 28.8. The molecule has 10 aromatic rings. The van der Waals surface area contributed by atoms with E-state index in [1.165, 1.54) is 110 Å². The molecule has 53 heavy (non-hydrogen) atoms. The van der Waals surface area contributed by atoms with E-state index in [-0.39, 0.29) is 0 Å². The third-order valence-corrected chi connectivity index (χ3v) is 11.4. The topological polar surface area (TPSA) is 0 Å². The highest BCUT2D eigenvalue weighted by Crippen LogP contribution is 2.57. The SMILES string of the molecule is Clc1ccc2c(-c3ccccc3)c3c(c(-c4ccccc4)c2c1)-c1cccc2cccc-3c12.c1ccc2cc3c(cc2c1)-c1cccc2cccc-3c12. The molecule has 0 heterocycles. The quantitative estimate of drug-likeness (QED) is 0.169. The van der Waals surface area contributed by atoms with Crippen LogP contribution in [0.5, 0.6) is 0 Å². The second-order valence-corrected chi connectivity index (χ2v) is 14.5. The van der Waals surface area contributed by atoms with Gasteiger partial charge in [0.05, 0.1) is 0 Å². The lowest BCUT2D eigenvalue weighted by molar-refractivity contribution is 1.62. The molecule has 0 atom stereocenters. The van der Waals surface area contributed by atoms with E-state index in [4.69, 9.17) is 11.6 Å². The van der Waals surface area contributed by atoms with E-state index in [2.05, 4.69) is 182 Å². The van der Waals surface area contributed by atoms with E-state index in [0.29, 0.717) is 0 Å². The smallest absolute Gasteiger partial charge is 0.0412 e. The maximum atomic E-state index is 6.60. The summed E-state index contributed by atoms with van der Waals surface area (Å²) in [6.07, 6.45) is 0. The molecule has 0 N–H and O–H groups in total. The molecule has 0 saturated heterocycles. The molecule has 12 rings (SSSR count). The summed E-state index contributed by atoms with van der Waals surface area (Å²) in [4.78, 5) is 0. The molecule has 0 aliphatic heterocycles. The van der Waals surface area contributed by atoms with Crippen LogP contribution in [0.1, 0.15) is 0 Å². The van der Waals surface area contributed by atoms with Crippen LogP contribution in [0.15, 0.2) is 188 Å². The summed E-state index contributed by atoms with van der Waals surface area (Å²) in [5.74, 6) is 0. The molecule has 0 nitrogen and oxygen atoms in total. The number of hydrogen-bond donors (Lipinski definition) is 0. The Morgan fingerprint density at radius 2 is 0.679 bits per heavy atom. The molecular formula is C52H31Cl. The third-order valence-electron chi connectivity index (χ3n) is 11.2. The summed E-state index contributed by atoms with van der Waals surface area (Å²) >= 11 is 6.60. The normalized spacial score (nSPS) is 11.9. The minimum Gasteiger partial charge on any atom is -0.0843 e. The molecule has 1 heteroatoms. The molecular weight excluding hydrogens is 660 g/mol. The van der Waals surface area contributed by atoms with Crippen molar-refractivity contribution in [1.29, 1.82) is 0 Å². The van der Waals surface area contributed by atoms with E-state index in [0.717, 1.165) is 5.02 Å². The Morgan fingerprint density at radius 3 is 1.19 bits per heavy atom. The number of halogens is 1. The van der Waals surface area contributed by atoms with Crippen molar-refractivity contribution in [2.45, 2.75) is 0 Å². The van der Waals surface area contributed by atoms with E-state index >= 15 is 0 Å². The summed E-state index contributed by atoms with van der Waals surface area (Å²) in [6.45, 7) is 0. The minimum atomic E-state index is 0.757. The van der Waals surface area contributed by atoms with Crippen molar-refractivity contribution in [3.8, 4) is 66.8 Å². The first kappa shape index (κ1) is 30.2. The maximum absolute atomic E-state index is 6.60. The van der Waals surface area contributed by atoms with Gasteiger partial charge in [-0.3, -0.25) is 0 Å². The lowest BCUT2D eigenvalue weighted by Crippen LogP contribution is -1.93.